The van der Waals surface area contributed by atoms with Crippen LogP contribution in [0.5, 0.6) is 0 Å². The largest absolute Gasteiger partial charge is 0.336 e. The molecule has 1 amide bonds. The number of amides is 1. The maximum atomic E-state index is 12.6. The predicted molar refractivity (Wildman–Crippen MR) is 82.1 cm³/mol. The molecular formula is C17H21N3O. The minimum atomic E-state index is 0.0297. The Kier molecular flexibility index (Phi) is 3.32. The van der Waals surface area contributed by atoms with E-state index >= 15 is 0 Å². The molecule has 3 rings (SSSR count). The van der Waals surface area contributed by atoms with Gasteiger partial charge in [-0.3, -0.25) is 9.48 Å². The first-order valence-corrected chi connectivity index (χ1v) is 7.31. The van der Waals surface area contributed by atoms with Crippen LogP contribution in [-0.2, 0) is 7.05 Å². The van der Waals surface area contributed by atoms with E-state index in [2.05, 4.69) is 43.2 Å². The van der Waals surface area contributed by atoms with Gasteiger partial charge in [0.05, 0.1) is 0 Å². The Morgan fingerprint density at radius 3 is 2.57 bits per heavy atom. The Labute approximate surface area is 125 Å². The molecule has 0 radical (unpaired) electrons. The van der Waals surface area contributed by atoms with Gasteiger partial charge in [0.15, 0.2) is 0 Å². The molecule has 4 nitrogen and oxygen atoms in total. The van der Waals surface area contributed by atoms with Crippen LogP contribution in [0.3, 0.4) is 0 Å². The second-order valence-corrected chi connectivity index (χ2v) is 6.51. The quantitative estimate of drug-likeness (QED) is 0.850. The van der Waals surface area contributed by atoms with E-state index < -0.39 is 0 Å². The molecule has 21 heavy (non-hydrogen) atoms. The molecule has 1 aromatic heterocycles. The minimum Gasteiger partial charge on any atom is -0.336 e. The van der Waals surface area contributed by atoms with Gasteiger partial charge in [0, 0.05) is 32.3 Å². The summed E-state index contributed by atoms with van der Waals surface area (Å²) < 4.78 is 1.67. The molecule has 1 saturated heterocycles. The lowest BCUT2D eigenvalue weighted by Crippen LogP contribution is -2.30. The molecule has 1 unspecified atom stereocenters. The van der Waals surface area contributed by atoms with Crippen LogP contribution in [0.15, 0.2) is 42.6 Å². The fraction of sp³-hybridized carbons (Fsp3) is 0.412. The fourth-order valence-electron chi connectivity index (χ4n) is 3.22. The first-order chi connectivity index (χ1) is 9.97. The molecule has 0 aliphatic carbocycles. The van der Waals surface area contributed by atoms with Crippen molar-refractivity contribution in [2.75, 3.05) is 13.1 Å². The molecule has 110 valence electrons. The summed E-state index contributed by atoms with van der Waals surface area (Å²) in [5.74, 6) is 0.397. The highest BCUT2D eigenvalue weighted by molar-refractivity contribution is 5.92. The lowest BCUT2D eigenvalue weighted by atomic mass is 9.78. The highest BCUT2D eigenvalue weighted by Crippen LogP contribution is 2.42. The highest BCUT2D eigenvalue weighted by atomic mass is 16.2. The van der Waals surface area contributed by atoms with Crippen LogP contribution in [0.2, 0.25) is 0 Å². The summed E-state index contributed by atoms with van der Waals surface area (Å²) in [6, 6.07) is 12.2. The van der Waals surface area contributed by atoms with Gasteiger partial charge in [0.25, 0.3) is 5.91 Å². The molecule has 1 aliphatic rings. The third kappa shape index (κ3) is 2.58. The van der Waals surface area contributed by atoms with E-state index in [9.17, 15) is 4.79 Å². The van der Waals surface area contributed by atoms with Crippen molar-refractivity contribution in [1.82, 2.24) is 14.7 Å². The van der Waals surface area contributed by atoms with Gasteiger partial charge in [-0.15, -0.1) is 0 Å². The summed E-state index contributed by atoms with van der Waals surface area (Å²) in [4.78, 5) is 14.5. The van der Waals surface area contributed by atoms with E-state index in [4.69, 9.17) is 0 Å². The van der Waals surface area contributed by atoms with E-state index in [-0.39, 0.29) is 11.3 Å². The summed E-state index contributed by atoms with van der Waals surface area (Å²) in [6.07, 6.45) is 1.81. The summed E-state index contributed by atoms with van der Waals surface area (Å²) in [7, 11) is 1.83. The number of aromatic nitrogens is 2. The van der Waals surface area contributed by atoms with Gasteiger partial charge in [-0.05, 0) is 17.0 Å². The van der Waals surface area contributed by atoms with Crippen molar-refractivity contribution in [3.05, 3.63) is 53.9 Å². The number of aryl methyl sites for hydroxylation is 1. The minimum absolute atomic E-state index is 0.0297. The zero-order chi connectivity index (χ0) is 15.0. The summed E-state index contributed by atoms with van der Waals surface area (Å²) >= 11 is 0. The van der Waals surface area contributed by atoms with Crippen molar-refractivity contribution >= 4 is 5.91 Å². The van der Waals surface area contributed by atoms with Crippen LogP contribution in [0.4, 0.5) is 0 Å². The van der Waals surface area contributed by atoms with Crippen LogP contribution < -0.4 is 0 Å². The lowest BCUT2D eigenvalue weighted by molar-refractivity contribution is 0.0771. The number of carbonyl (C=O) groups is 1. The third-order valence-corrected chi connectivity index (χ3v) is 4.37. The predicted octanol–water partition coefficient (Wildman–Crippen LogP) is 2.69. The van der Waals surface area contributed by atoms with E-state index in [1.165, 1.54) is 5.56 Å². The molecule has 0 spiro atoms. The van der Waals surface area contributed by atoms with Gasteiger partial charge in [-0.1, -0.05) is 44.2 Å². The summed E-state index contributed by atoms with van der Waals surface area (Å²) in [6.45, 7) is 5.99. The molecule has 0 saturated carbocycles. The summed E-state index contributed by atoms with van der Waals surface area (Å²) in [5, 5.41) is 4.23. The molecule has 1 aliphatic heterocycles. The van der Waals surface area contributed by atoms with E-state index in [1.807, 2.05) is 24.2 Å². The zero-order valence-electron chi connectivity index (χ0n) is 12.8. The average Bonchev–Trinajstić information content (AvgIpc) is 3.02. The van der Waals surface area contributed by atoms with Gasteiger partial charge in [-0.2, -0.15) is 5.10 Å². The Hall–Kier alpha value is -2.10. The second kappa shape index (κ2) is 5.02. The fourth-order valence-corrected chi connectivity index (χ4v) is 3.22. The van der Waals surface area contributed by atoms with Gasteiger partial charge < -0.3 is 4.90 Å². The zero-order valence-corrected chi connectivity index (χ0v) is 12.8. The Morgan fingerprint density at radius 2 is 1.95 bits per heavy atom. The van der Waals surface area contributed by atoms with Crippen molar-refractivity contribution in [2.45, 2.75) is 19.8 Å². The van der Waals surface area contributed by atoms with Gasteiger partial charge >= 0.3 is 0 Å². The molecule has 2 aromatic rings. The van der Waals surface area contributed by atoms with Gasteiger partial charge in [-0.25, -0.2) is 0 Å². The van der Waals surface area contributed by atoms with Crippen LogP contribution in [-0.4, -0.2) is 33.7 Å². The van der Waals surface area contributed by atoms with Crippen molar-refractivity contribution in [2.24, 2.45) is 12.5 Å². The normalized spacial score (nSPS) is 20.7. The smallest absolute Gasteiger partial charge is 0.274 e. The molecular weight excluding hydrogens is 262 g/mol. The second-order valence-electron chi connectivity index (χ2n) is 6.51. The first kappa shape index (κ1) is 13.9. The first-order valence-electron chi connectivity index (χ1n) is 7.31. The molecule has 1 aromatic carbocycles. The standard InChI is InChI=1S/C17H21N3O/c1-17(2)12-20(16(21)15-9-10-19(3)18-15)11-14(17)13-7-5-4-6-8-13/h4-10,14H,11-12H2,1-3H3. The van der Waals surface area contributed by atoms with Crippen LogP contribution in [0.1, 0.15) is 35.8 Å². The molecule has 4 heteroatoms. The Balaban J connectivity index is 1.83. The van der Waals surface area contributed by atoms with Crippen LogP contribution in [0.25, 0.3) is 0 Å². The van der Waals surface area contributed by atoms with Crippen molar-refractivity contribution < 1.29 is 4.79 Å². The van der Waals surface area contributed by atoms with Crippen LogP contribution >= 0.6 is 0 Å². The number of hydrogen-bond acceptors (Lipinski definition) is 2. The number of nitrogens with zero attached hydrogens (tertiary/aromatic N) is 3. The van der Waals surface area contributed by atoms with Gasteiger partial charge in [0.2, 0.25) is 0 Å². The number of carbonyl (C=O) groups excluding carboxylic acids is 1. The average molecular weight is 283 g/mol. The monoisotopic (exact) mass is 283 g/mol. The van der Waals surface area contributed by atoms with Crippen molar-refractivity contribution in [3.8, 4) is 0 Å². The van der Waals surface area contributed by atoms with E-state index in [1.54, 1.807) is 10.7 Å². The van der Waals surface area contributed by atoms with Crippen molar-refractivity contribution in [3.63, 3.8) is 0 Å². The van der Waals surface area contributed by atoms with E-state index in [0.717, 1.165) is 13.1 Å². The lowest BCUT2D eigenvalue weighted by Gasteiger charge is -2.25. The third-order valence-electron chi connectivity index (χ3n) is 4.37. The summed E-state index contributed by atoms with van der Waals surface area (Å²) in [5.41, 5.74) is 1.91. The topological polar surface area (TPSA) is 38.1 Å². The van der Waals surface area contributed by atoms with Crippen molar-refractivity contribution in [1.29, 1.82) is 0 Å². The molecule has 0 bridgehead atoms. The molecule has 2 heterocycles. The maximum Gasteiger partial charge on any atom is 0.274 e. The Bertz CT molecular complexity index is 645. The number of hydrogen-bond donors (Lipinski definition) is 0. The van der Waals surface area contributed by atoms with E-state index in [0.29, 0.717) is 11.6 Å². The van der Waals surface area contributed by atoms with Crippen LogP contribution in [0, 0.1) is 5.41 Å². The molecule has 1 fully saturated rings. The van der Waals surface area contributed by atoms with Gasteiger partial charge in [0.1, 0.15) is 5.69 Å². The molecule has 0 N–H and O–H groups in total. The highest BCUT2D eigenvalue weighted by Gasteiger charge is 2.42. The molecule has 1 atom stereocenters. The number of rotatable bonds is 2. The Morgan fingerprint density at radius 1 is 1.24 bits per heavy atom. The SMILES string of the molecule is Cn1ccc(C(=O)N2CC(c3ccccc3)C(C)(C)C2)n1. The number of benzene rings is 1. The maximum absolute atomic E-state index is 12.6. The number of likely N-dealkylation sites (tertiary alicyclic amines) is 1.